The van der Waals surface area contributed by atoms with Crippen molar-refractivity contribution in [3.63, 3.8) is 0 Å². The minimum absolute atomic E-state index is 1.12. The summed E-state index contributed by atoms with van der Waals surface area (Å²) in [5.74, 6) is 1.14. The maximum atomic E-state index is 4.58. The molecular formula is C11H16N2Si. The third-order valence-electron chi connectivity index (χ3n) is 2.40. The van der Waals surface area contributed by atoms with E-state index in [2.05, 4.69) is 54.0 Å². The van der Waals surface area contributed by atoms with Gasteiger partial charge in [-0.2, -0.15) is 0 Å². The molecule has 0 radical (unpaired) electrons. The second-order valence-electron chi connectivity index (χ2n) is 4.65. The van der Waals surface area contributed by atoms with Crippen molar-refractivity contribution in [2.75, 3.05) is 0 Å². The molecule has 14 heavy (non-hydrogen) atoms. The van der Waals surface area contributed by atoms with Gasteiger partial charge < -0.3 is 4.23 Å². The first-order chi connectivity index (χ1) is 6.50. The zero-order valence-electron chi connectivity index (χ0n) is 9.20. The Kier molecular flexibility index (Phi) is 1.99. The van der Waals surface area contributed by atoms with Gasteiger partial charge in [0.05, 0.1) is 16.9 Å². The molecule has 0 saturated heterocycles. The first-order valence-corrected chi connectivity index (χ1v) is 8.39. The van der Waals surface area contributed by atoms with Crippen molar-refractivity contribution in [3.05, 3.63) is 30.1 Å². The third kappa shape index (κ3) is 1.37. The first kappa shape index (κ1) is 9.46. The molecule has 3 heteroatoms. The van der Waals surface area contributed by atoms with Crippen LogP contribution >= 0.6 is 0 Å². The van der Waals surface area contributed by atoms with Gasteiger partial charge in [0, 0.05) is 0 Å². The molecule has 2 nitrogen and oxygen atoms in total. The summed E-state index contributed by atoms with van der Waals surface area (Å²) in [7, 11) is -1.34. The number of aryl methyl sites for hydroxylation is 1. The Balaban J connectivity index is 2.81. The van der Waals surface area contributed by atoms with E-state index in [4.69, 9.17) is 0 Å². The summed E-state index contributed by atoms with van der Waals surface area (Å²) in [6.45, 7) is 9.12. The van der Waals surface area contributed by atoms with Crippen LogP contribution in [0.3, 0.4) is 0 Å². The van der Waals surface area contributed by atoms with Crippen molar-refractivity contribution in [2.45, 2.75) is 26.6 Å². The second kappa shape index (κ2) is 2.95. The molecule has 0 amide bonds. The minimum Gasteiger partial charge on any atom is -0.357 e. The zero-order valence-corrected chi connectivity index (χ0v) is 10.2. The molecule has 0 fully saturated rings. The fourth-order valence-electron chi connectivity index (χ4n) is 1.99. The Bertz CT molecular complexity index is 466. The van der Waals surface area contributed by atoms with E-state index in [-0.39, 0.29) is 0 Å². The molecule has 0 bridgehead atoms. The summed E-state index contributed by atoms with van der Waals surface area (Å²) in [5, 5.41) is 0. The Labute approximate surface area is 85.7 Å². The van der Waals surface area contributed by atoms with Crippen LogP contribution in [0.5, 0.6) is 0 Å². The lowest BCUT2D eigenvalue weighted by atomic mass is 10.3. The lowest BCUT2D eigenvalue weighted by Gasteiger charge is -2.21. The molecule has 0 aliphatic heterocycles. The normalized spacial score (nSPS) is 12.3. The van der Waals surface area contributed by atoms with Gasteiger partial charge in [-0.25, -0.2) is 4.98 Å². The van der Waals surface area contributed by atoms with Crippen LogP contribution in [0.1, 0.15) is 5.82 Å². The van der Waals surface area contributed by atoms with E-state index in [1.165, 1.54) is 5.52 Å². The van der Waals surface area contributed by atoms with Gasteiger partial charge in [0.25, 0.3) is 0 Å². The Morgan fingerprint density at radius 3 is 2.43 bits per heavy atom. The number of hydrogen-bond donors (Lipinski definition) is 0. The van der Waals surface area contributed by atoms with E-state index in [0.29, 0.717) is 0 Å². The molecule has 2 rings (SSSR count). The molecular weight excluding hydrogens is 188 g/mol. The minimum atomic E-state index is -1.34. The predicted octanol–water partition coefficient (Wildman–Crippen LogP) is 3.03. The van der Waals surface area contributed by atoms with Crippen molar-refractivity contribution < 1.29 is 0 Å². The van der Waals surface area contributed by atoms with Crippen molar-refractivity contribution >= 4 is 19.3 Å². The van der Waals surface area contributed by atoms with Crippen LogP contribution in [0.15, 0.2) is 24.3 Å². The van der Waals surface area contributed by atoms with E-state index in [0.717, 1.165) is 11.3 Å². The molecule has 0 unspecified atom stereocenters. The first-order valence-electron chi connectivity index (χ1n) is 4.95. The predicted molar refractivity (Wildman–Crippen MR) is 63.2 cm³/mol. The molecule has 2 aromatic rings. The van der Waals surface area contributed by atoms with Crippen molar-refractivity contribution in [1.82, 2.24) is 9.22 Å². The summed E-state index contributed by atoms with van der Waals surface area (Å²) < 4.78 is 2.42. The molecule has 0 saturated carbocycles. The van der Waals surface area contributed by atoms with Crippen LogP contribution in [-0.4, -0.2) is 17.5 Å². The number of imidazole rings is 1. The van der Waals surface area contributed by atoms with Crippen molar-refractivity contribution in [2.24, 2.45) is 0 Å². The van der Waals surface area contributed by atoms with E-state index in [1.54, 1.807) is 0 Å². The number of para-hydroxylation sites is 2. The second-order valence-corrected chi connectivity index (χ2v) is 9.44. The number of rotatable bonds is 1. The fraction of sp³-hybridized carbons (Fsp3) is 0.364. The van der Waals surface area contributed by atoms with Crippen LogP contribution in [0.2, 0.25) is 19.6 Å². The van der Waals surface area contributed by atoms with Gasteiger partial charge in [-0.05, 0) is 19.1 Å². The van der Waals surface area contributed by atoms with Crippen LogP contribution in [-0.2, 0) is 0 Å². The van der Waals surface area contributed by atoms with Crippen LogP contribution in [0.25, 0.3) is 11.0 Å². The maximum Gasteiger partial charge on any atom is 0.155 e. The maximum absolute atomic E-state index is 4.58. The van der Waals surface area contributed by atoms with E-state index < -0.39 is 8.24 Å². The van der Waals surface area contributed by atoms with Gasteiger partial charge in [0.1, 0.15) is 0 Å². The van der Waals surface area contributed by atoms with E-state index >= 15 is 0 Å². The number of benzene rings is 1. The highest BCUT2D eigenvalue weighted by atomic mass is 28.3. The smallest absolute Gasteiger partial charge is 0.155 e. The number of hydrogen-bond acceptors (Lipinski definition) is 1. The lowest BCUT2D eigenvalue weighted by Crippen LogP contribution is -2.32. The molecule has 0 N–H and O–H groups in total. The van der Waals surface area contributed by atoms with Crippen LogP contribution in [0, 0.1) is 6.92 Å². The third-order valence-corrected chi connectivity index (χ3v) is 4.31. The van der Waals surface area contributed by atoms with E-state index in [9.17, 15) is 0 Å². The fourth-order valence-corrected chi connectivity index (χ4v) is 3.93. The number of aromatic nitrogens is 2. The lowest BCUT2D eigenvalue weighted by molar-refractivity contribution is 1.05. The molecule has 0 spiro atoms. The summed E-state index contributed by atoms with van der Waals surface area (Å²) in [6.07, 6.45) is 0. The van der Waals surface area contributed by atoms with Gasteiger partial charge in [-0.3, -0.25) is 0 Å². The summed E-state index contributed by atoms with van der Waals surface area (Å²) in [6, 6.07) is 8.37. The van der Waals surface area contributed by atoms with Crippen molar-refractivity contribution in [1.29, 1.82) is 0 Å². The molecule has 0 atom stereocenters. The average molecular weight is 204 g/mol. The Morgan fingerprint density at radius 2 is 1.79 bits per heavy atom. The van der Waals surface area contributed by atoms with Crippen molar-refractivity contribution in [3.8, 4) is 0 Å². The van der Waals surface area contributed by atoms with Gasteiger partial charge in [-0.1, -0.05) is 31.8 Å². The quantitative estimate of drug-likeness (QED) is 0.653. The van der Waals surface area contributed by atoms with Crippen LogP contribution < -0.4 is 0 Å². The highest BCUT2D eigenvalue weighted by Gasteiger charge is 2.21. The van der Waals surface area contributed by atoms with Gasteiger partial charge in [0.15, 0.2) is 8.24 Å². The standard InChI is InChI=1S/C11H16N2Si/c1-9-12-10-7-5-6-8-11(10)13(9)14(2,3)4/h5-8H,1-4H3. The number of fused-ring (bicyclic) bond motifs is 1. The average Bonchev–Trinajstić information content (AvgIpc) is 2.38. The monoisotopic (exact) mass is 204 g/mol. The summed E-state index contributed by atoms with van der Waals surface area (Å²) in [4.78, 5) is 4.58. The molecule has 0 aliphatic rings. The number of nitrogens with zero attached hydrogens (tertiary/aromatic N) is 2. The highest BCUT2D eigenvalue weighted by molar-refractivity contribution is 6.75. The molecule has 1 aromatic carbocycles. The van der Waals surface area contributed by atoms with Gasteiger partial charge >= 0.3 is 0 Å². The topological polar surface area (TPSA) is 17.8 Å². The summed E-state index contributed by atoms with van der Waals surface area (Å²) >= 11 is 0. The molecule has 0 aliphatic carbocycles. The Hall–Kier alpha value is -1.09. The largest absolute Gasteiger partial charge is 0.357 e. The molecule has 74 valence electrons. The summed E-state index contributed by atoms with van der Waals surface area (Å²) in [5.41, 5.74) is 2.40. The van der Waals surface area contributed by atoms with Crippen LogP contribution in [0.4, 0.5) is 0 Å². The zero-order chi connectivity index (χ0) is 10.3. The molecule has 1 heterocycles. The van der Waals surface area contributed by atoms with Gasteiger partial charge in [0.2, 0.25) is 0 Å². The SMILES string of the molecule is Cc1nc2ccccc2n1[Si](C)(C)C. The Morgan fingerprint density at radius 1 is 1.14 bits per heavy atom. The molecule has 1 aromatic heterocycles. The van der Waals surface area contributed by atoms with E-state index in [1.807, 2.05) is 6.07 Å². The van der Waals surface area contributed by atoms with Gasteiger partial charge in [-0.15, -0.1) is 0 Å². The highest BCUT2D eigenvalue weighted by Crippen LogP contribution is 2.20.